The van der Waals surface area contributed by atoms with Crippen molar-refractivity contribution < 1.29 is 9.53 Å². The van der Waals surface area contributed by atoms with Gasteiger partial charge in [-0.25, -0.2) is 5.43 Å². The van der Waals surface area contributed by atoms with E-state index in [9.17, 15) is 4.79 Å². The molecule has 0 aliphatic rings. The largest absolute Gasteiger partial charge is 0.488 e. The second kappa shape index (κ2) is 10.6. The molecule has 33 heavy (non-hydrogen) atoms. The van der Waals surface area contributed by atoms with E-state index >= 15 is 0 Å². The molecule has 0 unspecified atom stereocenters. The first-order valence-corrected chi connectivity index (χ1v) is 10.9. The zero-order chi connectivity index (χ0) is 23.0. The van der Waals surface area contributed by atoms with Crippen LogP contribution in [0.25, 0.3) is 11.1 Å². The Balaban J connectivity index is 1.38. The Bertz CT molecular complexity index is 1250. The summed E-state index contributed by atoms with van der Waals surface area (Å²) in [6.45, 7) is 2.23. The van der Waals surface area contributed by atoms with Crippen LogP contribution < -0.4 is 10.2 Å². The molecular weight excluding hydrogens is 432 g/mol. The SMILES string of the molecule is CC(=NNC(=O)c1ccc(COc2ccccc2-c2ccccc2)cc1)c1ccc(Cl)cc1. The summed E-state index contributed by atoms with van der Waals surface area (Å²) in [4.78, 5) is 12.5. The fraction of sp³-hybridized carbons (Fsp3) is 0.0714. The van der Waals surface area contributed by atoms with Gasteiger partial charge in [0.2, 0.25) is 0 Å². The van der Waals surface area contributed by atoms with Crippen molar-refractivity contribution in [2.75, 3.05) is 0 Å². The van der Waals surface area contributed by atoms with Crippen molar-refractivity contribution in [2.45, 2.75) is 13.5 Å². The molecule has 0 aromatic heterocycles. The van der Waals surface area contributed by atoms with E-state index in [4.69, 9.17) is 16.3 Å². The highest BCUT2D eigenvalue weighted by atomic mass is 35.5. The highest BCUT2D eigenvalue weighted by Gasteiger charge is 2.08. The lowest BCUT2D eigenvalue weighted by Gasteiger charge is -2.12. The first kappa shape index (κ1) is 22.3. The number of benzene rings is 4. The van der Waals surface area contributed by atoms with Crippen LogP contribution in [0.15, 0.2) is 108 Å². The fourth-order valence-electron chi connectivity index (χ4n) is 3.32. The number of ether oxygens (including phenoxy) is 1. The van der Waals surface area contributed by atoms with Crippen LogP contribution in [-0.4, -0.2) is 11.6 Å². The molecule has 0 saturated heterocycles. The summed E-state index contributed by atoms with van der Waals surface area (Å²) in [6, 6.07) is 32.7. The molecule has 164 valence electrons. The van der Waals surface area contributed by atoms with Crippen molar-refractivity contribution in [3.63, 3.8) is 0 Å². The van der Waals surface area contributed by atoms with Gasteiger partial charge in [-0.3, -0.25) is 4.79 Å². The van der Waals surface area contributed by atoms with Gasteiger partial charge in [0.1, 0.15) is 12.4 Å². The van der Waals surface area contributed by atoms with Crippen molar-refractivity contribution >= 4 is 23.2 Å². The van der Waals surface area contributed by atoms with Gasteiger partial charge in [-0.15, -0.1) is 0 Å². The molecule has 4 rings (SSSR count). The maximum absolute atomic E-state index is 12.5. The number of hydrogen-bond acceptors (Lipinski definition) is 3. The van der Waals surface area contributed by atoms with E-state index < -0.39 is 0 Å². The summed E-state index contributed by atoms with van der Waals surface area (Å²) in [7, 11) is 0. The van der Waals surface area contributed by atoms with Gasteiger partial charge < -0.3 is 4.74 Å². The van der Waals surface area contributed by atoms with Crippen LogP contribution in [-0.2, 0) is 6.61 Å². The molecule has 0 saturated carbocycles. The standard InChI is InChI=1S/C28H23ClN2O2/c1-20(22-15-17-25(29)18-16-22)30-31-28(32)24-13-11-21(12-14-24)19-33-27-10-6-5-9-26(27)23-7-3-2-4-8-23/h2-18H,19H2,1H3,(H,31,32). The third-order valence-electron chi connectivity index (χ3n) is 5.17. The van der Waals surface area contributed by atoms with Gasteiger partial charge in [0.25, 0.3) is 5.91 Å². The number of carbonyl (C=O) groups excluding carboxylic acids is 1. The maximum atomic E-state index is 12.5. The van der Waals surface area contributed by atoms with Crippen LogP contribution in [0.1, 0.15) is 28.4 Å². The average molecular weight is 455 g/mol. The van der Waals surface area contributed by atoms with Crippen LogP contribution in [0, 0.1) is 0 Å². The lowest BCUT2D eigenvalue weighted by Crippen LogP contribution is -2.19. The number of para-hydroxylation sites is 1. The second-order valence-corrected chi connectivity index (χ2v) is 7.93. The summed E-state index contributed by atoms with van der Waals surface area (Å²) < 4.78 is 6.08. The van der Waals surface area contributed by atoms with Crippen LogP contribution in [0.5, 0.6) is 5.75 Å². The van der Waals surface area contributed by atoms with Gasteiger partial charge in [-0.05, 0) is 53.9 Å². The number of rotatable bonds is 7. The van der Waals surface area contributed by atoms with Crippen LogP contribution in [0.3, 0.4) is 0 Å². The normalized spacial score (nSPS) is 11.2. The zero-order valence-corrected chi connectivity index (χ0v) is 18.9. The molecule has 1 amide bonds. The van der Waals surface area contributed by atoms with Gasteiger partial charge in [0.15, 0.2) is 0 Å². The number of amides is 1. The minimum atomic E-state index is -0.273. The van der Waals surface area contributed by atoms with Crippen molar-refractivity contribution in [3.05, 3.63) is 125 Å². The van der Waals surface area contributed by atoms with E-state index in [1.807, 2.05) is 73.7 Å². The Labute approximate surface area is 198 Å². The number of hydrazone groups is 1. The molecule has 0 atom stereocenters. The third-order valence-corrected chi connectivity index (χ3v) is 5.42. The summed E-state index contributed by atoms with van der Waals surface area (Å²) in [5.41, 5.74) is 7.83. The third kappa shape index (κ3) is 5.88. The molecule has 5 heteroatoms. The van der Waals surface area contributed by atoms with Gasteiger partial charge in [-0.2, -0.15) is 5.10 Å². The first-order chi connectivity index (χ1) is 16.1. The van der Waals surface area contributed by atoms with Gasteiger partial charge in [0, 0.05) is 16.1 Å². The van der Waals surface area contributed by atoms with E-state index in [0.29, 0.717) is 22.9 Å². The summed E-state index contributed by atoms with van der Waals surface area (Å²) in [6.07, 6.45) is 0. The average Bonchev–Trinajstić information content (AvgIpc) is 2.87. The Morgan fingerprint density at radius 2 is 1.45 bits per heavy atom. The summed E-state index contributed by atoms with van der Waals surface area (Å²) in [5.74, 6) is 0.544. The second-order valence-electron chi connectivity index (χ2n) is 7.49. The molecule has 4 aromatic carbocycles. The number of halogens is 1. The van der Waals surface area contributed by atoms with Crippen molar-refractivity contribution in [1.82, 2.24) is 5.43 Å². The molecule has 4 nitrogen and oxygen atoms in total. The zero-order valence-electron chi connectivity index (χ0n) is 18.2. The number of nitrogens with zero attached hydrogens (tertiary/aromatic N) is 1. The Kier molecular flexibility index (Phi) is 7.18. The maximum Gasteiger partial charge on any atom is 0.271 e. The van der Waals surface area contributed by atoms with Gasteiger partial charge in [0.05, 0.1) is 5.71 Å². The van der Waals surface area contributed by atoms with E-state index in [0.717, 1.165) is 28.0 Å². The van der Waals surface area contributed by atoms with Gasteiger partial charge in [-0.1, -0.05) is 84.4 Å². The number of hydrogen-bond donors (Lipinski definition) is 1. The fourth-order valence-corrected chi connectivity index (χ4v) is 3.44. The molecule has 0 bridgehead atoms. The number of nitrogens with one attached hydrogen (secondary N) is 1. The summed E-state index contributed by atoms with van der Waals surface area (Å²) >= 11 is 5.91. The summed E-state index contributed by atoms with van der Waals surface area (Å²) in [5, 5.41) is 4.84. The molecule has 0 radical (unpaired) electrons. The number of carbonyl (C=O) groups is 1. The van der Waals surface area contributed by atoms with E-state index in [1.165, 1.54) is 0 Å². The molecule has 1 N–H and O–H groups in total. The Hall–Kier alpha value is -3.89. The predicted octanol–water partition coefficient (Wildman–Crippen LogP) is 6.74. The van der Waals surface area contributed by atoms with Crippen LogP contribution in [0.4, 0.5) is 0 Å². The quantitative estimate of drug-likeness (QED) is 0.248. The molecule has 0 heterocycles. The first-order valence-electron chi connectivity index (χ1n) is 10.6. The van der Waals surface area contributed by atoms with Crippen molar-refractivity contribution in [3.8, 4) is 16.9 Å². The van der Waals surface area contributed by atoms with Crippen LogP contribution in [0.2, 0.25) is 5.02 Å². The molecule has 0 fully saturated rings. The van der Waals surface area contributed by atoms with E-state index in [1.54, 1.807) is 24.3 Å². The van der Waals surface area contributed by atoms with E-state index in [2.05, 4.69) is 22.7 Å². The van der Waals surface area contributed by atoms with Crippen LogP contribution >= 0.6 is 11.6 Å². The molecule has 4 aromatic rings. The van der Waals surface area contributed by atoms with Crippen molar-refractivity contribution in [2.24, 2.45) is 5.10 Å². The molecule has 0 aliphatic carbocycles. The predicted molar refractivity (Wildman–Crippen MR) is 134 cm³/mol. The topological polar surface area (TPSA) is 50.7 Å². The minimum Gasteiger partial charge on any atom is -0.488 e. The monoisotopic (exact) mass is 454 g/mol. The molecular formula is C28H23ClN2O2. The molecule has 0 aliphatic heterocycles. The van der Waals surface area contributed by atoms with Crippen molar-refractivity contribution in [1.29, 1.82) is 0 Å². The molecule has 0 spiro atoms. The Morgan fingerprint density at radius 1 is 0.818 bits per heavy atom. The minimum absolute atomic E-state index is 0.273. The lowest BCUT2D eigenvalue weighted by molar-refractivity contribution is 0.0955. The van der Waals surface area contributed by atoms with E-state index in [-0.39, 0.29) is 5.91 Å². The smallest absolute Gasteiger partial charge is 0.271 e. The highest BCUT2D eigenvalue weighted by Crippen LogP contribution is 2.30. The lowest BCUT2D eigenvalue weighted by atomic mass is 10.0. The highest BCUT2D eigenvalue weighted by molar-refractivity contribution is 6.30. The Morgan fingerprint density at radius 3 is 2.18 bits per heavy atom. The van der Waals surface area contributed by atoms with Gasteiger partial charge >= 0.3 is 0 Å².